The monoisotopic (exact) mass is 326 g/mol. The second kappa shape index (κ2) is 5.54. The molecule has 0 spiro atoms. The van der Waals surface area contributed by atoms with E-state index in [1.807, 2.05) is 13.8 Å². The van der Waals surface area contributed by atoms with Gasteiger partial charge in [-0.3, -0.25) is 0 Å². The van der Waals surface area contributed by atoms with Gasteiger partial charge in [-0.2, -0.15) is 9.61 Å². The minimum absolute atomic E-state index is 0.361. The second-order valence-corrected chi connectivity index (χ2v) is 6.97. The Morgan fingerprint density at radius 3 is 2.83 bits per heavy atom. The summed E-state index contributed by atoms with van der Waals surface area (Å²) in [4.78, 5) is 2.33. The Morgan fingerprint density at radius 1 is 1.21 bits per heavy atom. The van der Waals surface area contributed by atoms with Crippen LogP contribution < -0.4 is 4.90 Å². The Bertz CT molecular complexity index is 877. The van der Waals surface area contributed by atoms with E-state index in [-0.39, 0.29) is 0 Å². The molecular formula is C16H22N8. The fourth-order valence-electron chi connectivity index (χ4n) is 3.64. The van der Waals surface area contributed by atoms with Crippen LogP contribution in [0.4, 0.5) is 5.69 Å². The topological polar surface area (TPSA) is 77.0 Å². The molecule has 0 aliphatic carbocycles. The third kappa shape index (κ3) is 2.42. The Balaban J connectivity index is 1.78. The number of nitrogens with zero attached hydrogens (tertiary/aromatic N) is 8. The molecule has 1 aliphatic heterocycles. The van der Waals surface area contributed by atoms with E-state index in [0.29, 0.717) is 12.0 Å². The second-order valence-electron chi connectivity index (χ2n) is 6.97. The van der Waals surface area contributed by atoms with E-state index >= 15 is 0 Å². The first kappa shape index (κ1) is 15.0. The van der Waals surface area contributed by atoms with Gasteiger partial charge in [0.2, 0.25) is 5.65 Å². The zero-order valence-electron chi connectivity index (χ0n) is 14.5. The third-order valence-electron chi connectivity index (χ3n) is 4.52. The number of aromatic nitrogens is 7. The summed E-state index contributed by atoms with van der Waals surface area (Å²) in [5.74, 6) is 2.61. The van der Waals surface area contributed by atoms with Gasteiger partial charge in [0.25, 0.3) is 0 Å². The first-order valence-electron chi connectivity index (χ1n) is 8.36. The molecular weight excluding hydrogens is 304 g/mol. The van der Waals surface area contributed by atoms with Crippen molar-refractivity contribution in [3.63, 3.8) is 0 Å². The van der Waals surface area contributed by atoms with Crippen molar-refractivity contribution in [2.45, 2.75) is 46.7 Å². The van der Waals surface area contributed by atoms with Crippen molar-refractivity contribution >= 4 is 11.3 Å². The molecule has 0 saturated carbocycles. The van der Waals surface area contributed by atoms with Crippen molar-refractivity contribution in [3.8, 4) is 0 Å². The largest absolute Gasteiger partial charge is 0.359 e. The minimum Gasteiger partial charge on any atom is -0.359 e. The van der Waals surface area contributed by atoms with Crippen LogP contribution >= 0.6 is 0 Å². The van der Waals surface area contributed by atoms with Crippen molar-refractivity contribution in [3.05, 3.63) is 29.7 Å². The van der Waals surface area contributed by atoms with Gasteiger partial charge in [-0.1, -0.05) is 13.8 Å². The normalized spacial score (nSPS) is 17.7. The lowest BCUT2D eigenvalue weighted by atomic mass is 10.0. The van der Waals surface area contributed by atoms with Crippen LogP contribution in [0.3, 0.4) is 0 Å². The van der Waals surface area contributed by atoms with Gasteiger partial charge in [-0.05, 0) is 32.3 Å². The molecule has 0 saturated heterocycles. The molecule has 0 bridgehead atoms. The van der Waals surface area contributed by atoms with Gasteiger partial charge < -0.3 is 9.47 Å². The molecule has 0 radical (unpaired) electrons. The standard InChI is InChI=1S/C16H22N8/c1-10(2)5-13-7-22(8-15-19-18-12(4)24(13)15)14-6-11(3)21-23-9-17-20-16(14)23/h6,9-10,13H,5,7-8H2,1-4H3/t13-/m0/s1. The Kier molecular flexibility index (Phi) is 3.47. The molecule has 0 unspecified atom stereocenters. The number of hydrogen-bond acceptors (Lipinski definition) is 6. The predicted molar refractivity (Wildman–Crippen MR) is 89.8 cm³/mol. The molecule has 1 atom stereocenters. The number of fused-ring (bicyclic) bond motifs is 2. The quantitative estimate of drug-likeness (QED) is 0.732. The van der Waals surface area contributed by atoms with Gasteiger partial charge in [-0.25, -0.2) is 0 Å². The van der Waals surface area contributed by atoms with E-state index in [1.54, 1.807) is 10.8 Å². The zero-order valence-corrected chi connectivity index (χ0v) is 14.5. The molecule has 8 heteroatoms. The van der Waals surface area contributed by atoms with Crippen LogP contribution in [0.2, 0.25) is 0 Å². The average Bonchev–Trinajstić information content (AvgIpc) is 3.12. The number of hydrogen-bond donors (Lipinski definition) is 0. The summed E-state index contributed by atoms with van der Waals surface area (Å²) >= 11 is 0. The Labute approximate surface area is 140 Å². The molecule has 4 heterocycles. The molecule has 0 fully saturated rings. The molecule has 0 aromatic carbocycles. The molecule has 8 nitrogen and oxygen atoms in total. The predicted octanol–water partition coefficient (Wildman–Crippen LogP) is 1.94. The first-order valence-corrected chi connectivity index (χ1v) is 8.36. The highest BCUT2D eigenvalue weighted by Crippen LogP contribution is 2.31. The Hall–Kier alpha value is -2.51. The molecule has 4 rings (SSSR count). The molecule has 1 aliphatic rings. The lowest BCUT2D eigenvalue weighted by Gasteiger charge is -2.36. The average molecular weight is 326 g/mol. The maximum absolute atomic E-state index is 4.44. The fourth-order valence-corrected chi connectivity index (χ4v) is 3.64. The highest BCUT2D eigenvalue weighted by molar-refractivity contribution is 5.68. The van der Waals surface area contributed by atoms with Crippen LogP contribution in [0.1, 0.15) is 43.7 Å². The highest BCUT2D eigenvalue weighted by Gasteiger charge is 2.30. The van der Waals surface area contributed by atoms with E-state index in [2.05, 4.69) is 54.9 Å². The van der Waals surface area contributed by atoms with Crippen molar-refractivity contribution in [1.82, 2.24) is 34.6 Å². The van der Waals surface area contributed by atoms with Crippen LogP contribution in [0.5, 0.6) is 0 Å². The summed E-state index contributed by atoms with van der Waals surface area (Å²) in [6.07, 6.45) is 2.74. The summed E-state index contributed by atoms with van der Waals surface area (Å²) in [6, 6.07) is 2.44. The van der Waals surface area contributed by atoms with Crippen molar-refractivity contribution in [1.29, 1.82) is 0 Å². The molecule has 24 heavy (non-hydrogen) atoms. The van der Waals surface area contributed by atoms with E-state index in [4.69, 9.17) is 0 Å². The SMILES string of the molecule is Cc1cc(N2Cc3nnc(C)n3[C@@H](CC(C)C)C2)c2nncn2n1. The van der Waals surface area contributed by atoms with Gasteiger partial charge in [0, 0.05) is 6.54 Å². The summed E-state index contributed by atoms with van der Waals surface area (Å²) in [7, 11) is 0. The van der Waals surface area contributed by atoms with Crippen molar-refractivity contribution in [2.75, 3.05) is 11.4 Å². The minimum atomic E-state index is 0.361. The van der Waals surface area contributed by atoms with Crippen LogP contribution in [-0.2, 0) is 6.54 Å². The summed E-state index contributed by atoms with van der Waals surface area (Å²) in [6.45, 7) is 10.2. The van der Waals surface area contributed by atoms with Crippen LogP contribution in [0, 0.1) is 19.8 Å². The van der Waals surface area contributed by atoms with Crippen molar-refractivity contribution < 1.29 is 0 Å². The zero-order chi connectivity index (χ0) is 16.8. The maximum Gasteiger partial charge on any atom is 0.200 e. The lowest BCUT2D eigenvalue weighted by Crippen LogP contribution is -2.39. The lowest BCUT2D eigenvalue weighted by molar-refractivity contribution is 0.358. The van der Waals surface area contributed by atoms with E-state index in [9.17, 15) is 0 Å². The van der Waals surface area contributed by atoms with Crippen LogP contribution in [0.25, 0.3) is 5.65 Å². The fraction of sp³-hybridized carbons (Fsp3) is 0.562. The van der Waals surface area contributed by atoms with E-state index in [1.165, 1.54) is 0 Å². The summed E-state index contributed by atoms with van der Waals surface area (Å²) in [5, 5.41) is 21.4. The highest BCUT2D eigenvalue weighted by atomic mass is 15.4. The van der Waals surface area contributed by atoms with Crippen LogP contribution in [0.15, 0.2) is 12.4 Å². The van der Waals surface area contributed by atoms with Gasteiger partial charge in [0.15, 0.2) is 5.82 Å². The summed E-state index contributed by atoms with van der Waals surface area (Å²) in [5.41, 5.74) is 2.79. The van der Waals surface area contributed by atoms with Crippen molar-refractivity contribution in [2.24, 2.45) is 5.92 Å². The molecule has 3 aromatic rings. The number of rotatable bonds is 3. The Morgan fingerprint density at radius 2 is 2.04 bits per heavy atom. The van der Waals surface area contributed by atoms with Gasteiger partial charge in [-0.15, -0.1) is 20.4 Å². The van der Waals surface area contributed by atoms with E-state index < -0.39 is 0 Å². The first-order chi connectivity index (χ1) is 11.5. The van der Waals surface area contributed by atoms with Gasteiger partial charge in [0.05, 0.1) is 24.0 Å². The van der Waals surface area contributed by atoms with Gasteiger partial charge >= 0.3 is 0 Å². The molecule has 3 aromatic heterocycles. The maximum atomic E-state index is 4.44. The summed E-state index contributed by atoms with van der Waals surface area (Å²) < 4.78 is 4.04. The van der Waals surface area contributed by atoms with Gasteiger partial charge in [0.1, 0.15) is 12.2 Å². The smallest absolute Gasteiger partial charge is 0.200 e. The molecule has 0 N–H and O–H groups in total. The number of anilines is 1. The van der Waals surface area contributed by atoms with E-state index in [0.717, 1.165) is 48.2 Å². The molecule has 126 valence electrons. The van der Waals surface area contributed by atoms with Crippen LogP contribution in [-0.4, -0.2) is 41.1 Å². The third-order valence-corrected chi connectivity index (χ3v) is 4.52. The molecule has 0 amide bonds. The number of aryl methyl sites for hydroxylation is 2.